The molecule has 0 bridgehead atoms. The van der Waals surface area contributed by atoms with Gasteiger partial charge in [-0.1, -0.05) is 18.2 Å². The minimum atomic E-state index is -4.51. The maximum Gasteiger partial charge on any atom is 0.417 e. The highest BCUT2D eigenvalue weighted by Gasteiger charge is 2.36. The molecule has 0 unspecified atom stereocenters. The number of aromatic nitrogens is 3. The van der Waals surface area contributed by atoms with E-state index in [0.29, 0.717) is 5.69 Å². The summed E-state index contributed by atoms with van der Waals surface area (Å²) in [5.41, 5.74) is 0.254. The number of alkyl halides is 3. The number of halogens is 3. The molecule has 7 heteroatoms. The van der Waals surface area contributed by atoms with E-state index < -0.39 is 11.7 Å². The summed E-state index contributed by atoms with van der Waals surface area (Å²) in [6.45, 7) is 3.46. The fourth-order valence-electron chi connectivity index (χ4n) is 2.46. The molecule has 0 amide bonds. The molecule has 0 atom stereocenters. The number of para-hydroxylation sites is 1. The van der Waals surface area contributed by atoms with Crippen LogP contribution in [0.1, 0.15) is 18.2 Å². The third-order valence-corrected chi connectivity index (χ3v) is 3.39. The van der Waals surface area contributed by atoms with Crippen LogP contribution >= 0.6 is 0 Å². The topological polar surface area (TPSA) is 39.9 Å². The summed E-state index contributed by atoms with van der Waals surface area (Å²) < 4.78 is 46.8. The Kier molecular flexibility index (Phi) is 3.71. The number of ether oxygens (including phenoxy) is 1. The number of hydrogen-bond acceptors (Lipinski definition) is 3. The van der Waals surface area contributed by atoms with Gasteiger partial charge in [-0.05, 0) is 26.0 Å². The highest BCUT2D eigenvalue weighted by molar-refractivity contribution is 5.84. The molecule has 0 saturated heterocycles. The summed E-state index contributed by atoms with van der Waals surface area (Å²) in [6.07, 6.45) is -4.51. The predicted octanol–water partition coefficient (Wildman–Crippen LogP) is 4.15. The normalized spacial score (nSPS) is 11.9. The Labute approximate surface area is 130 Å². The molecule has 0 saturated carbocycles. The Morgan fingerprint density at radius 3 is 2.48 bits per heavy atom. The van der Waals surface area contributed by atoms with Gasteiger partial charge in [-0.2, -0.15) is 23.3 Å². The van der Waals surface area contributed by atoms with E-state index >= 15 is 0 Å². The van der Waals surface area contributed by atoms with E-state index in [2.05, 4.69) is 10.1 Å². The Morgan fingerprint density at radius 2 is 1.87 bits per heavy atom. The first-order valence-corrected chi connectivity index (χ1v) is 7.07. The molecule has 0 fully saturated rings. The van der Waals surface area contributed by atoms with Gasteiger partial charge in [-0.25, -0.2) is 4.68 Å². The maximum atomic E-state index is 13.4. The van der Waals surface area contributed by atoms with Gasteiger partial charge < -0.3 is 4.74 Å². The van der Waals surface area contributed by atoms with E-state index in [-0.39, 0.29) is 29.2 Å². The monoisotopic (exact) mass is 321 g/mol. The molecule has 0 radical (unpaired) electrons. The number of fused-ring (bicyclic) bond motifs is 1. The first-order valence-electron chi connectivity index (χ1n) is 7.07. The third kappa shape index (κ3) is 2.74. The molecule has 0 aliphatic heterocycles. The van der Waals surface area contributed by atoms with Crippen molar-refractivity contribution in [2.24, 2.45) is 0 Å². The largest absolute Gasteiger partial charge is 0.478 e. The molecule has 3 rings (SSSR count). The van der Waals surface area contributed by atoms with Crippen LogP contribution in [0.2, 0.25) is 0 Å². The molecule has 0 spiro atoms. The standard InChI is InChI=1S/C16H14F3N3O/c1-3-23-13-9-12(16(17,18)19)14-10(2)21-22(15(14)20-13)11-7-5-4-6-8-11/h4-9H,3H2,1-2H3. The van der Waals surface area contributed by atoms with E-state index in [0.717, 1.165) is 6.07 Å². The summed E-state index contributed by atoms with van der Waals surface area (Å²) in [5.74, 6) is -0.0654. The van der Waals surface area contributed by atoms with Crippen LogP contribution in [0.15, 0.2) is 36.4 Å². The predicted molar refractivity (Wildman–Crippen MR) is 79.8 cm³/mol. The molecule has 3 aromatic rings. The summed E-state index contributed by atoms with van der Waals surface area (Å²) in [4.78, 5) is 4.21. The minimum absolute atomic E-state index is 0.00944. The lowest BCUT2D eigenvalue weighted by molar-refractivity contribution is -0.136. The third-order valence-electron chi connectivity index (χ3n) is 3.39. The summed E-state index contributed by atoms with van der Waals surface area (Å²) in [7, 11) is 0. The zero-order valence-corrected chi connectivity index (χ0v) is 12.6. The lowest BCUT2D eigenvalue weighted by atomic mass is 10.1. The van der Waals surface area contributed by atoms with E-state index in [4.69, 9.17) is 4.74 Å². The Balaban J connectivity index is 2.35. The second-order valence-corrected chi connectivity index (χ2v) is 4.97. The second-order valence-electron chi connectivity index (χ2n) is 4.97. The van der Waals surface area contributed by atoms with Crippen LogP contribution in [0.25, 0.3) is 16.7 Å². The molecule has 0 aliphatic carbocycles. The highest BCUT2D eigenvalue weighted by atomic mass is 19.4. The minimum Gasteiger partial charge on any atom is -0.478 e. The smallest absolute Gasteiger partial charge is 0.417 e. The van der Waals surface area contributed by atoms with E-state index in [9.17, 15) is 13.2 Å². The highest BCUT2D eigenvalue weighted by Crippen LogP contribution is 2.38. The molecule has 0 N–H and O–H groups in total. The molecule has 2 aromatic heterocycles. The van der Waals surface area contributed by atoms with Crippen LogP contribution in [-0.2, 0) is 6.18 Å². The fourth-order valence-corrected chi connectivity index (χ4v) is 2.46. The quantitative estimate of drug-likeness (QED) is 0.727. The summed E-state index contributed by atoms with van der Waals surface area (Å²) in [5, 5.41) is 4.22. The number of hydrogen-bond donors (Lipinski definition) is 0. The Morgan fingerprint density at radius 1 is 1.17 bits per heavy atom. The number of nitrogens with zero attached hydrogens (tertiary/aromatic N) is 3. The zero-order valence-electron chi connectivity index (χ0n) is 12.6. The van der Waals surface area contributed by atoms with Crippen LogP contribution in [0.4, 0.5) is 13.2 Å². The summed E-state index contributed by atoms with van der Waals surface area (Å²) >= 11 is 0. The van der Waals surface area contributed by atoms with Crippen molar-refractivity contribution in [2.75, 3.05) is 6.61 Å². The van der Waals surface area contributed by atoms with Gasteiger partial charge in [0.05, 0.1) is 28.9 Å². The van der Waals surface area contributed by atoms with Gasteiger partial charge >= 0.3 is 6.18 Å². The van der Waals surface area contributed by atoms with Crippen molar-refractivity contribution in [3.8, 4) is 11.6 Å². The van der Waals surface area contributed by atoms with Crippen molar-refractivity contribution in [1.29, 1.82) is 0 Å². The zero-order chi connectivity index (χ0) is 16.6. The van der Waals surface area contributed by atoms with Crippen LogP contribution in [0.3, 0.4) is 0 Å². The molecule has 0 aliphatic rings. The van der Waals surface area contributed by atoms with Crippen LogP contribution in [-0.4, -0.2) is 21.4 Å². The van der Waals surface area contributed by atoms with E-state index in [1.807, 2.05) is 6.07 Å². The van der Waals surface area contributed by atoms with Crippen molar-refractivity contribution in [2.45, 2.75) is 20.0 Å². The van der Waals surface area contributed by atoms with Gasteiger partial charge in [0.2, 0.25) is 5.88 Å². The van der Waals surface area contributed by atoms with Gasteiger partial charge in [0.25, 0.3) is 0 Å². The molecule has 4 nitrogen and oxygen atoms in total. The van der Waals surface area contributed by atoms with E-state index in [1.165, 1.54) is 4.68 Å². The molecule has 120 valence electrons. The van der Waals surface area contributed by atoms with Crippen LogP contribution in [0, 0.1) is 6.92 Å². The van der Waals surface area contributed by atoms with E-state index in [1.54, 1.807) is 38.1 Å². The Bertz CT molecular complexity index is 841. The average molecular weight is 321 g/mol. The fraction of sp³-hybridized carbons (Fsp3) is 0.250. The van der Waals surface area contributed by atoms with Crippen LogP contribution < -0.4 is 4.74 Å². The van der Waals surface area contributed by atoms with Crippen LogP contribution in [0.5, 0.6) is 5.88 Å². The van der Waals surface area contributed by atoms with Gasteiger partial charge in [-0.3, -0.25) is 0 Å². The first-order chi connectivity index (χ1) is 10.9. The molecule has 2 heterocycles. The number of rotatable bonds is 3. The maximum absolute atomic E-state index is 13.4. The average Bonchev–Trinajstić information content (AvgIpc) is 2.84. The SMILES string of the molecule is CCOc1cc(C(F)(F)F)c2c(C)nn(-c3ccccc3)c2n1. The van der Waals surface area contributed by atoms with Gasteiger partial charge in [0.15, 0.2) is 5.65 Å². The van der Waals surface area contributed by atoms with Crippen molar-refractivity contribution >= 4 is 11.0 Å². The molecular formula is C16H14F3N3O. The van der Waals surface area contributed by atoms with Gasteiger partial charge in [0, 0.05) is 6.07 Å². The van der Waals surface area contributed by atoms with Crippen molar-refractivity contribution < 1.29 is 17.9 Å². The number of benzene rings is 1. The second kappa shape index (κ2) is 5.57. The summed E-state index contributed by atoms with van der Waals surface area (Å²) in [6, 6.07) is 9.84. The van der Waals surface area contributed by atoms with Crippen molar-refractivity contribution in [1.82, 2.24) is 14.8 Å². The lowest BCUT2D eigenvalue weighted by Gasteiger charge is -2.11. The van der Waals surface area contributed by atoms with Crippen molar-refractivity contribution in [3.63, 3.8) is 0 Å². The van der Waals surface area contributed by atoms with Gasteiger partial charge in [-0.15, -0.1) is 0 Å². The number of aryl methyl sites for hydroxylation is 1. The number of pyridine rings is 1. The van der Waals surface area contributed by atoms with Gasteiger partial charge in [0.1, 0.15) is 0 Å². The lowest BCUT2D eigenvalue weighted by Crippen LogP contribution is -2.08. The Hall–Kier alpha value is -2.57. The molecule has 1 aromatic carbocycles. The van der Waals surface area contributed by atoms with Crippen molar-refractivity contribution in [3.05, 3.63) is 47.7 Å². The molecule has 23 heavy (non-hydrogen) atoms. The first kappa shape index (κ1) is 15.3. The molecular weight excluding hydrogens is 307 g/mol.